The third-order valence-corrected chi connectivity index (χ3v) is 3.86. The van der Waals surface area contributed by atoms with Crippen molar-refractivity contribution in [3.8, 4) is 11.5 Å². The summed E-state index contributed by atoms with van der Waals surface area (Å²) < 4.78 is 16.6. The van der Waals surface area contributed by atoms with E-state index in [1.165, 1.54) is 0 Å². The van der Waals surface area contributed by atoms with Gasteiger partial charge in [-0.25, -0.2) is 0 Å². The molecule has 0 saturated carbocycles. The summed E-state index contributed by atoms with van der Waals surface area (Å²) in [5.74, 6) is 0.871. The van der Waals surface area contributed by atoms with E-state index in [1.807, 2.05) is 0 Å². The van der Waals surface area contributed by atoms with Crippen LogP contribution in [0.4, 0.5) is 0 Å². The van der Waals surface area contributed by atoms with E-state index in [4.69, 9.17) is 25.8 Å². The molecule has 1 saturated heterocycles. The van der Waals surface area contributed by atoms with Gasteiger partial charge in [0.2, 0.25) is 0 Å². The first-order chi connectivity index (χ1) is 10.2. The Kier molecular flexibility index (Phi) is 4.51. The Morgan fingerprint density at radius 3 is 2.90 bits per heavy atom. The van der Waals surface area contributed by atoms with Crippen molar-refractivity contribution in [3.63, 3.8) is 0 Å². The van der Waals surface area contributed by atoms with Crippen LogP contribution >= 0.6 is 11.6 Å². The van der Waals surface area contributed by atoms with Gasteiger partial charge in [0, 0.05) is 25.1 Å². The fourth-order valence-corrected chi connectivity index (χ4v) is 2.74. The average Bonchev–Trinajstić information content (AvgIpc) is 2.88. The van der Waals surface area contributed by atoms with Crippen LogP contribution in [0.2, 0.25) is 5.02 Å². The van der Waals surface area contributed by atoms with Crippen LogP contribution in [-0.2, 0) is 4.74 Å². The Bertz CT molecular complexity index is 529. The molecule has 0 bridgehead atoms. The molecule has 2 heterocycles. The summed E-state index contributed by atoms with van der Waals surface area (Å²) in [6.45, 7) is 2.42. The smallest absolute Gasteiger partial charge is 0.251 e. The van der Waals surface area contributed by atoms with Gasteiger partial charge in [-0.15, -0.1) is 0 Å². The first kappa shape index (κ1) is 14.5. The largest absolute Gasteiger partial charge is 0.489 e. The molecule has 2 aliphatic rings. The van der Waals surface area contributed by atoms with Gasteiger partial charge in [0.05, 0.1) is 24.3 Å². The van der Waals surface area contributed by atoms with E-state index in [9.17, 15) is 4.79 Å². The number of nitrogens with one attached hydrogen (secondary N) is 1. The van der Waals surface area contributed by atoms with Crippen molar-refractivity contribution in [2.24, 2.45) is 0 Å². The molecule has 1 aromatic rings. The van der Waals surface area contributed by atoms with Crippen molar-refractivity contribution in [1.82, 2.24) is 5.32 Å². The van der Waals surface area contributed by atoms with Crippen molar-refractivity contribution < 1.29 is 19.0 Å². The van der Waals surface area contributed by atoms with Crippen LogP contribution in [0.1, 0.15) is 29.6 Å². The maximum absolute atomic E-state index is 12.2. The normalized spacial score (nSPS) is 20.9. The molecule has 5 nitrogen and oxygen atoms in total. The van der Waals surface area contributed by atoms with Crippen LogP contribution < -0.4 is 14.8 Å². The SMILES string of the molecule is O=C(NCC1CCCO1)c1cc(Cl)c2c(c1)OCCCO2. The molecule has 2 aliphatic heterocycles. The maximum atomic E-state index is 12.2. The van der Waals surface area contributed by atoms with Crippen LogP contribution in [0.3, 0.4) is 0 Å². The van der Waals surface area contributed by atoms with E-state index in [-0.39, 0.29) is 12.0 Å². The van der Waals surface area contributed by atoms with Gasteiger partial charge in [-0.3, -0.25) is 4.79 Å². The summed E-state index contributed by atoms with van der Waals surface area (Å²) in [7, 11) is 0. The molecular formula is C15H18ClNO4. The van der Waals surface area contributed by atoms with Crippen LogP contribution in [-0.4, -0.2) is 38.4 Å². The topological polar surface area (TPSA) is 56.8 Å². The van der Waals surface area contributed by atoms with Gasteiger partial charge in [0.25, 0.3) is 5.91 Å². The minimum Gasteiger partial charge on any atom is -0.489 e. The standard InChI is InChI=1S/C15H18ClNO4/c16-12-7-10(8-13-14(12)21-6-2-5-20-13)15(18)17-9-11-3-1-4-19-11/h7-8,11H,1-6,9H2,(H,17,18). The van der Waals surface area contributed by atoms with E-state index >= 15 is 0 Å². The molecule has 3 rings (SSSR count). The Hall–Kier alpha value is -1.46. The first-order valence-corrected chi connectivity index (χ1v) is 7.61. The molecule has 0 aromatic heterocycles. The molecule has 1 aromatic carbocycles. The summed E-state index contributed by atoms with van der Waals surface area (Å²) >= 11 is 6.18. The third-order valence-electron chi connectivity index (χ3n) is 3.58. The zero-order valence-electron chi connectivity index (χ0n) is 11.7. The molecular weight excluding hydrogens is 294 g/mol. The lowest BCUT2D eigenvalue weighted by atomic mass is 10.1. The second-order valence-electron chi connectivity index (χ2n) is 5.18. The van der Waals surface area contributed by atoms with E-state index in [0.29, 0.717) is 41.8 Å². The zero-order chi connectivity index (χ0) is 14.7. The number of rotatable bonds is 3. The average molecular weight is 312 g/mol. The van der Waals surface area contributed by atoms with Crippen molar-refractivity contribution in [2.75, 3.05) is 26.4 Å². The highest BCUT2D eigenvalue weighted by Crippen LogP contribution is 2.37. The quantitative estimate of drug-likeness (QED) is 0.931. The maximum Gasteiger partial charge on any atom is 0.251 e. The number of carbonyl (C=O) groups excluding carboxylic acids is 1. The van der Waals surface area contributed by atoms with E-state index in [2.05, 4.69) is 5.32 Å². The highest BCUT2D eigenvalue weighted by molar-refractivity contribution is 6.32. The highest BCUT2D eigenvalue weighted by atomic mass is 35.5. The van der Waals surface area contributed by atoms with Crippen LogP contribution in [0.15, 0.2) is 12.1 Å². The molecule has 114 valence electrons. The summed E-state index contributed by atoms with van der Waals surface area (Å²) in [6.07, 6.45) is 2.95. The summed E-state index contributed by atoms with van der Waals surface area (Å²) in [5.41, 5.74) is 0.474. The van der Waals surface area contributed by atoms with Crippen LogP contribution in [0, 0.1) is 0 Å². The Labute approximate surface area is 128 Å². The number of hydrogen-bond donors (Lipinski definition) is 1. The van der Waals surface area contributed by atoms with Crippen molar-refractivity contribution in [2.45, 2.75) is 25.4 Å². The number of ether oxygens (including phenoxy) is 3. The minimum atomic E-state index is -0.178. The van der Waals surface area contributed by atoms with Crippen LogP contribution in [0.25, 0.3) is 0 Å². The van der Waals surface area contributed by atoms with E-state index < -0.39 is 0 Å². The van der Waals surface area contributed by atoms with Crippen molar-refractivity contribution in [3.05, 3.63) is 22.7 Å². The fraction of sp³-hybridized carbons (Fsp3) is 0.533. The predicted octanol–water partition coefficient (Wildman–Crippen LogP) is 2.41. The minimum absolute atomic E-state index is 0.116. The van der Waals surface area contributed by atoms with E-state index in [0.717, 1.165) is 25.9 Å². The number of hydrogen-bond acceptors (Lipinski definition) is 4. The van der Waals surface area contributed by atoms with Gasteiger partial charge >= 0.3 is 0 Å². The Balaban J connectivity index is 1.70. The number of halogens is 1. The molecule has 21 heavy (non-hydrogen) atoms. The second kappa shape index (κ2) is 6.54. The van der Waals surface area contributed by atoms with Gasteiger partial charge in [0.1, 0.15) is 0 Å². The summed E-state index contributed by atoms with van der Waals surface area (Å²) in [5, 5.41) is 3.27. The summed E-state index contributed by atoms with van der Waals surface area (Å²) in [6, 6.07) is 3.29. The molecule has 0 radical (unpaired) electrons. The predicted molar refractivity (Wildman–Crippen MR) is 78.4 cm³/mol. The molecule has 1 unspecified atom stereocenters. The zero-order valence-corrected chi connectivity index (χ0v) is 12.4. The number of amides is 1. The molecule has 1 fully saturated rings. The third kappa shape index (κ3) is 3.41. The first-order valence-electron chi connectivity index (χ1n) is 7.23. The monoisotopic (exact) mass is 311 g/mol. The van der Waals surface area contributed by atoms with Gasteiger partial charge < -0.3 is 19.5 Å². The number of fused-ring (bicyclic) bond motifs is 1. The fourth-order valence-electron chi connectivity index (χ4n) is 2.48. The van der Waals surface area contributed by atoms with Crippen LogP contribution in [0.5, 0.6) is 11.5 Å². The lowest BCUT2D eigenvalue weighted by Crippen LogP contribution is -2.31. The number of benzene rings is 1. The van der Waals surface area contributed by atoms with E-state index in [1.54, 1.807) is 12.1 Å². The number of carbonyl (C=O) groups is 1. The van der Waals surface area contributed by atoms with Gasteiger partial charge in [-0.2, -0.15) is 0 Å². The summed E-state index contributed by atoms with van der Waals surface area (Å²) in [4.78, 5) is 12.2. The van der Waals surface area contributed by atoms with Crippen molar-refractivity contribution in [1.29, 1.82) is 0 Å². The second-order valence-corrected chi connectivity index (χ2v) is 5.59. The van der Waals surface area contributed by atoms with Crippen molar-refractivity contribution >= 4 is 17.5 Å². The van der Waals surface area contributed by atoms with Gasteiger partial charge in [0.15, 0.2) is 11.5 Å². The molecule has 6 heteroatoms. The Morgan fingerprint density at radius 2 is 2.10 bits per heavy atom. The molecule has 1 atom stereocenters. The molecule has 0 aliphatic carbocycles. The highest BCUT2D eigenvalue weighted by Gasteiger charge is 2.20. The lowest BCUT2D eigenvalue weighted by molar-refractivity contribution is 0.0857. The molecule has 0 spiro atoms. The lowest BCUT2D eigenvalue weighted by Gasteiger charge is -2.13. The van der Waals surface area contributed by atoms with Gasteiger partial charge in [-0.05, 0) is 25.0 Å². The molecule has 1 N–H and O–H groups in total. The molecule has 1 amide bonds. The Morgan fingerprint density at radius 1 is 1.24 bits per heavy atom. The van der Waals surface area contributed by atoms with Gasteiger partial charge in [-0.1, -0.05) is 11.6 Å².